The van der Waals surface area contributed by atoms with Gasteiger partial charge in [0.05, 0.1) is 0 Å². The van der Waals surface area contributed by atoms with Gasteiger partial charge in [-0.2, -0.15) is 0 Å². The van der Waals surface area contributed by atoms with Crippen LogP contribution < -0.4 is 0 Å². The summed E-state index contributed by atoms with van der Waals surface area (Å²) in [6.07, 6.45) is 0. The van der Waals surface area contributed by atoms with E-state index in [1.54, 1.807) is 0 Å². The second kappa shape index (κ2) is 12.4. The third-order valence-electron chi connectivity index (χ3n) is 13.9. The fraction of sp³-hybridized carbons (Fsp3) is 0. The molecule has 0 spiro atoms. The van der Waals surface area contributed by atoms with Gasteiger partial charge in [-0.05, 0) is 130 Å². The van der Waals surface area contributed by atoms with E-state index in [-0.39, 0.29) is 0 Å². The van der Waals surface area contributed by atoms with Gasteiger partial charge in [0.1, 0.15) is 55.8 Å². The Hall–Kier alpha value is -9.00. The van der Waals surface area contributed by atoms with Gasteiger partial charge in [0.15, 0.2) is 11.2 Å². The Labute approximate surface area is 372 Å². The molecule has 0 aliphatic heterocycles. The van der Waals surface area contributed by atoms with Crippen molar-refractivity contribution in [2.24, 2.45) is 0 Å². The van der Waals surface area contributed by atoms with Crippen LogP contribution in [0.5, 0.6) is 0 Å². The molecule has 0 saturated carbocycles. The van der Waals surface area contributed by atoms with E-state index in [4.69, 9.17) is 26.5 Å². The van der Waals surface area contributed by atoms with Crippen molar-refractivity contribution in [2.45, 2.75) is 0 Å². The van der Waals surface area contributed by atoms with Crippen LogP contribution in [0.4, 0.5) is 0 Å². The van der Waals surface area contributed by atoms with Crippen molar-refractivity contribution in [1.82, 2.24) is 0 Å². The van der Waals surface area contributed by atoms with Crippen molar-refractivity contribution >= 4 is 132 Å². The van der Waals surface area contributed by atoms with Gasteiger partial charge in [0, 0.05) is 76.8 Å². The molecule has 0 bridgehead atoms. The van der Waals surface area contributed by atoms with Gasteiger partial charge in [-0.1, -0.05) is 72.8 Å². The zero-order valence-corrected chi connectivity index (χ0v) is 34.8. The third-order valence-corrected chi connectivity index (χ3v) is 13.9. The molecule has 0 fully saturated rings. The Bertz CT molecular complexity index is 4560. The Morgan fingerprint density at radius 1 is 0.167 bits per heavy atom. The maximum absolute atomic E-state index is 6.58. The summed E-state index contributed by atoms with van der Waals surface area (Å²) in [5.41, 5.74) is 16.3. The molecular weight excluding hydrogens is 817 g/mol. The Balaban J connectivity index is 0.906. The second-order valence-electron chi connectivity index (χ2n) is 17.5. The smallest absolute Gasteiger partial charge is 0.178 e. The van der Waals surface area contributed by atoms with Crippen molar-refractivity contribution in [3.8, 4) is 33.4 Å². The molecule has 6 nitrogen and oxygen atoms in total. The number of para-hydroxylation sites is 3. The third kappa shape index (κ3) is 4.74. The van der Waals surface area contributed by atoms with Gasteiger partial charge in [-0.15, -0.1) is 0 Å². The summed E-state index contributed by atoms with van der Waals surface area (Å²) in [6, 6.07) is 63.7. The molecular formula is C60H30O6. The molecule has 0 N–H and O–H groups in total. The molecule has 0 amide bonds. The molecule has 6 aromatic heterocycles. The first kappa shape index (κ1) is 34.5. The van der Waals surface area contributed by atoms with E-state index in [9.17, 15) is 0 Å². The zero-order valence-electron chi connectivity index (χ0n) is 34.8. The van der Waals surface area contributed by atoms with Crippen LogP contribution in [0.3, 0.4) is 0 Å². The molecule has 0 aliphatic carbocycles. The van der Waals surface area contributed by atoms with E-state index in [0.717, 1.165) is 165 Å². The highest BCUT2D eigenvalue weighted by Crippen LogP contribution is 2.44. The first-order chi connectivity index (χ1) is 32.6. The average Bonchev–Trinajstić information content (AvgIpc) is 4.22. The maximum atomic E-state index is 6.58. The van der Waals surface area contributed by atoms with Crippen LogP contribution in [-0.4, -0.2) is 0 Å². The monoisotopic (exact) mass is 846 g/mol. The van der Waals surface area contributed by atoms with Crippen LogP contribution in [0.2, 0.25) is 0 Å². The summed E-state index contributed by atoms with van der Waals surface area (Å²) in [4.78, 5) is 0. The topological polar surface area (TPSA) is 78.8 Å². The molecule has 6 heteroatoms. The molecule has 0 atom stereocenters. The minimum absolute atomic E-state index is 0.757. The lowest BCUT2D eigenvalue weighted by Gasteiger charge is -2.12. The fourth-order valence-corrected chi connectivity index (χ4v) is 10.7. The Kier molecular flexibility index (Phi) is 6.47. The molecule has 306 valence electrons. The standard InChI is InChI=1S/C60H30O6/c1-6-12-51-37(7-1)40-16-17-41-42-24-31(15-20-54(42)66-60(41)59(40)65-51)34-21-35(32-13-18-52-43(25-32)47-27-45-38-8-2-4-10-49(38)61-55(45)29-57(47)63-52)23-36(22-34)33-14-19-53-44(26-33)48-28-46-39-9-3-5-11-50(39)62-56(46)30-58(48)64-53/h1-30H. The van der Waals surface area contributed by atoms with E-state index < -0.39 is 0 Å². The van der Waals surface area contributed by atoms with Crippen LogP contribution in [0, 0.1) is 0 Å². The Morgan fingerprint density at radius 2 is 0.470 bits per heavy atom. The van der Waals surface area contributed by atoms with Crippen molar-refractivity contribution < 1.29 is 26.5 Å². The summed E-state index contributed by atoms with van der Waals surface area (Å²) < 4.78 is 38.4. The predicted molar refractivity (Wildman–Crippen MR) is 266 cm³/mol. The lowest BCUT2D eigenvalue weighted by atomic mass is 9.92. The van der Waals surface area contributed by atoms with Crippen LogP contribution in [0.25, 0.3) is 165 Å². The molecule has 10 aromatic carbocycles. The van der Waals surface area contributed by atoms with Crippen molar-refractivity contribution in [3.05, 3.63) is 182 Å². The molecule has 66 heavy (non-hydrogen) atoms. The van der Waals surface area contributed by atoms with E-state index in [1.807, 2.05) is 54.6 Å². The molecule has 16 rings (SSSR count). The van der Waals surface area contributed by atoms with Crippen LogP contribution in [-0.2, 0) is 0 Å². The quantitative estimate of drug-likeness (QED) is 0.176. The lowest BCUT2D eigenvalue weighted by molar-refractivity contribution is 0.633. The molecule has 0 aliphatic rings. The van der Waals surface area contributed by atoms with Gasteiger partial charge < -0.3 is 26.5 Å². The van der Waals surface area contributed by atoms with E-state index in [1.165, 1.54) is 0 Å². The molecule has 0 saturated heterocycles. The number of benzene rings is 10. The highest BCUT2D eigenvalue weighted by Gasteiger charge is 2.20. The summed E-state index contributed by atoms with van der Waals surface area (Å²) in [5, 5.41) is 12.7. The number of rotatable bonds is 3. The van der Waals surface area contributed by atoms with E-state index >= 15 is 0 Å². The highest BCUT2D eigenvalue weighted by molar-refractivity contribution is 6.20. The lowest BCUT2D eigenvalue weighted by Crippen LogP contribution is -1.87. The number of furan rings is 6. The van der Waals surface area contributed by atoms with Gasteiger partial charge in [0.25, 0.3) is 0 Å². The van der Waals surface area contributed by atoms with E-state index in [0.29, 0.717) is 0 Å². The summed E-state index contributed by atoms with van der Waals surface area (Å²) >= 11 is 0. The van der Waals surface area contributed by atoms with Crippen LogP contribution in [0.15, 0.2) is 208 Å². The predicted octanol–water partition coefficient (Wildman–Crippen LogP) is 18.1. The van der Waals surface area contributed by atoms with Crippen LogP contribution >= 0.6 is 0 Å². The normalized spacial score (nSPS) is 12.5. The van der Waals surface area contributed by atoms with Gasteiger partial charge >= 0.3 is 0 Å². The molecule has 0 radical (unpaired) electrons. The first-order valence-corrected chi connectivity index (χ1v) is 22.1. The maximum Gasteiger partial charge on any atom is 0.178 e. The number of hydrogen-bond acceptors (Lipinski definition) is 6. The molecule has 0 unspecified atom stereocenters. The van der Waals surface area contributed by atoms with Gasteiger partial charge in [-0.25, -0.2) is 0 Å². The SMILES string of the molecule is c1ccc2c(c1)oc1cc3oc4ccc(-c5cc(-c6ccc7oc8cc9oc%10ccccc%10c9cc8c7c6)cc(-c6ccc7oc8c(ccc9c%10ccccc%10oc98)c7c6)c5)cc4c3cc12. The van der Waals surface area contributed by atoms with E-state index in [2.05, 4.69) is 127 Å². The highest BCUT2D eigenvalue weighted by atomic mass is 16.4. The fourth-order valence-electron chi connectivity index (χ4n) is 10.7. The first-order valence-electron chi connectivity index (χ1n) is 22.1. The molecule has 6 heterocycles. The molecule has 16 aromatic rings. The summed E-state index contributed by atoms with van der Waals surface area (Å²) in [7, 11) is 0. The van der Waals surface area contributed by atoms with Crippen molar-refractivity contribution in [3.63, 3.8) is 0 Å². The zero-order chi connectivity index (χ0) is 42.8. The van der Waals surface area contributed by atoms with Gasteiger partial charge in [-0.3, -0.25) is 0 Å². The largest absolute Gasteiger partial charge is 0.456 e. The van der Waals surface area contributed by atoms with Crippen molar-refractivity contribution in [1.29, 1.82) is 0 Å². The van der Waals surface area contributed by atoms with Crippen LogP contribution in [0.1, 0.15) is 0 Å². The Morgan fingerprint density at radius 3 is 0.909 bits per heavy atom. The number of fused-ring (bicyclic) bond motifs is 19. The summed E-state index contributed by atoms with van der Waals surface area (Å²) in [6.45, 7) is 0. The summed E-state index contributed by atoms with van der Waals surface area (Å²) in [5.74, 6) is 0. The minimum Gasteiger partial charge on any atom is -0.456 e. The number of hydrogen-bond donors (Lipinski definition) is 0. The second-order valence-corrected chi connectivity index (χ2v) is 17.5. The average molecular weight is 847 g/mol. The van der Waals surface area contributed by atoms with Gasteiger partial charge in [0.2, 0.25) is 0 Å². The van der Waals surface area contributed by atoms with Crippen molar-refractivity contribution in [2.75, 3.05) is 0 Å². The minimum atomic E-state index is 0.757.